The second-order valence-corrected chi connectivity index (χ2v) is 11.0. The molecule has 3 heterocycles. The van der Waals surface area contributed by atoms with Gasteiger partial charge in [0, 0.05) is 53.6 Å². The lowest BCUT2D eigenvalue weighted by Crippen LogP contribution is -2.43. The summed E-state index contributed by atoms with van der Waals surface area (Å²) < 4.78 is 24.3. The number of hydrogen-bond donors (Lipinski definition) is 0. The zero-order chi connectivity index (χ0) is 28.0. The fourth-order valence-electron chi connectivity index (χ4n) is 5.47. The SMILES string of the molecule is COc1cc2c(=O)n(CCN(Cc3ccccc3)C(C)(C)C)c3c4cc5c(cc4ncc3c2cc1OC)OCO5. The van der Waals surface area contributed by atoms with Crippen molar-refractivity contribution in [3.8, 4) is 23.0 Å². The van der Waals surface area contributed by atoms with Crippen LogP contribution in [0.25, 0.3) is 32.6 Å². The van der Waals surface area contributed by atoms with Crippen LogP contribution in [0.15, 0.2) is 65.6 Å². The van der Waals surface area contributed by atoms with Crippen LogP contribution in [0.4, 0.5) is 0 Å². The van der Waals surface area contributed by atoms with E-state index in [0.717, 1.165) is 33.7 Å². The molecule has 8 heteroatoms. The first-order chi connectivity index (χ1) is 19.3. The van der Waals surface area contributed by atoms with Gasteiger partial charge in [-0.2, -0.15) is 0 Å². The summed E-state index contributed by atoms with van der Waals surface area (Å²) in [6.07, 6.45) is 1.83. The highest BCUT2D eigenvalue weighted by Gasteiger charge is 2.24. The monoisotopic (exact) mass is 539 g/mol. The molecule has 1 aliphatic rings. The summed E-state index contributed by atoms with van der Waals surface area (Å²) in [7, 11) is 3.17. The molecule has 8 nitrogen and oxygen atoms in total. The van der Waals surface area contributed by atoms with E-state index in [0.29, 0.717) is 41.5 Å². The molecule has 0 spiro atoms. The molecule has 6 rings (SSSR count). The van der Waals surface area contributed by atoms with Crippen molar-refractivity contribution in [1.29, 1.82) is 0 Å². The van der Waals surface area contributed by atoms with Crippen LogP contribution in [0.2, 0.25) is 0 Å². The highest BCUT2D eigenvalue weighted by atomic mass is 16.7. The Labute approximate surface area is 232 Å². The van der Waals surface area contributed by atoms with Crippen LogP contribution in [-0.2, 0) is 13.1 Å². The Bertz CT molecular complexity index is 1790. The standard InChI is InChI=1S/C32H33N3O5/c1-32(2,3)34(18-20-9-7-6-8-10-20)11-12-35-30-23-15-28-29(40-19-39-28)16-25(23)33-17-24(30)21-13-26(37-4)27(38-5)14-22(21)31(35)36/h6-10,13-17H,11-12,18-19H2,1-5H3. The molecular weight excluding hydrogens is 506 g/mol. The van der Waals surface area contributed by atoms with E-state index >= 15 is 0 Å². The molecule has 0 N–H and O–H groups in total. The van der Waals surface area contributed by atoms with Gasteiger partial charge < -0.3 is 23.5 Å². The Kier molecular flexibility index (Phi) is 6.50. The first-order valence-electron chi connectivity index (χ1n) is 13.4. The van der Waals surface area contributed by atoms with Crippen LogP contribution in [0.5, 0.6) is 23.0 Å². The summed E-state index contributed by atoms with van der Waals surface area (Å²) in [6, 6.07) is 17.9. The van der Waals surface area contributed by atoms with Crippen molar-refractivity contribution in [3.63, 3.8) is 0 Å². The largest absolute Gasteiger partial charge is 0.493 e. The Morgan fingerprint density at radius 1 is 0.900 bits per heavy atom. The van der Waals surface area contributed by atoms with Gasteiger partial charge in [-0.25, -0.2) is 0 Å². The van der Waals surface area contributed by atoms with Gasteiger partial charge in [0.15, 0.2) is 23.0 Å². The van der Waals surface area contributed by atoms with Gasteiger partial charge in [0.1, 0.15) is 0 Å². The van der Waals surface area contributed by atoms with Crippen molar-refractivity contribution in [1.82, 2.24) is 14.5 Å². The van der Waals surface area contributed by atoms with Crippen molar-refractivity contribution in [2.24, 2.45) is 0 Å². The summed E-state index contributed by atoms with van der Waals surface area (Å²) >= 11 is 0. The van der Waals surface area contributed by atoms with Crippen LogP contribution in [0, 0.1) is 0 Å². The van der Waals surface area contributed by atoms with Crippen molar-refractivity contribution in [2.75, 3.05) is 27.6 Å². The van der Waals surface area contributed by atoms with E-state index in [9.17, 15) is 4.79 Å². The van der Waals surface area contributed by atoms with Crippen LogP contribution in [0.1, 0.15) is 26.3 Å². The van der Waals surface area contributed by atoms with E-state index in [4.69, 9.17) is 23.9 Å². The molecule has 206 valence electrons. The van der Waals surface area contributed by atoms with Gasteiger partial charge >= 0.3 is 0 Å². The Hall–Kier alpha value is -4.30. The molecule has 0 radical (unpaired) electrons. The van der Waals surface area contributed by atoms with Gasteiger partial charge in [-0.15, -0.1) is 0 Å². The van der Waals surface area contributed by atoms with Gasteiger partial charge in [0.2, 0.25) is 6.79 Å². The fourth-order valence-corrected chi connectivity index (χ4v) is 5.47. The predicted octanol–water partition coefficient (Wildman–Crippen LogP) is 5.75. The first kappa shape index (κ1) is 26.0. The minimum Gasteiger partial charge on any atom is -0.493 e. The minimum absolute atomic E-state index is 0.0952. The van der Waals surface area contributed by atoms with E-state index in [1.54, 1.807) is 20.3 Å². The van der Waals surface area contributed by atoms with E-state index in [1.165, 1.54) is 5.56 Å². The number of pyridine rings is 2. The Balaban J connectivity index is 1.57. The summed E-state index contributed by atoms with van der Waals surface area (Å²) in [4.78, 5) is 21.4. The van der Waals surface area contributed by atoms with E-state index in [1.807, 2.05) is 35.0 Å². The van der Waals surface area contributed by atoms with E-state index in [2.05, 4.69) is 49.9 Å². The molecule has 0 amide bonds. The number of rotatable bonds is 7. The molecule has 1 aliphatic heterocycles. The molecule has 2 aromatic heterocycles. The maximum absolute atomic E-state index is 14.3. The van der Waals surface area contributed by atoms with Crippen LogP contribution >= 0.6 is 0 Å². The van der Waals surface area contributed by atoms with Crippen molar-refractivity contribution in [3.05, 3.63) is 76.7 Å². The van der Waals surface area contributed by atoms with Gasteiger partial charge in [-0.1, -0.05) is 30.3 Å². The third-order valence-corrected chi connectivity index (χ3v) is 7.65. The lowest BCUT2D eigenvalue weighted by Gasteiger charge is -2.36. The highest BCUT2D eigenvalue weighted by Crippen LogP contribution is 2.40. The average molecular weight is 540 g/mol. The van der Waals surface area contributed by atoms with Crippen LogP contribution in [-0.4, -0.2) is 47.5 Å². The molecule has 40 heavy (non-hydrogen) atoms. The number of nitrogens with zero attached hydrogens (tertiary/aromatic N) is 3. The lowest BCUT2D eigenvalue weighted by molar-refractivity contribution is 0.122. The number of hydrogen-bond acceptors (Lipinski definition) is 7. The molecule has 0 atom stereocenters. The zero-order valence-corrected chi connectivity index (χ0v) is 23.5. The molecule has 0 aliphatic carbocycles. The number of fused-ring (bicyclic) bond motifs is 6. The topological polar surface area (TPSA) is 75.1 Å². The summed E-state index contributed by atoms with van der Waals surface area (Å²) in [5.74, 6) is 2.37. The Morgan fingerprint density at radius 3 is 2.25 bits per heavy atom. The van der Waals surface area contributed by atoms with Crippen LogP contribution in [0.3, 0.4) is 0 Å². The molecular formula is C32H33N3O5. The number of aromatic nitrogens is 2. The van der Waals surface area contributed by atoms with Crippen molar-refractivity contribution >= 4 is 32.6 Å². The summed E-state index contributed by atoms with van der Waals surface area (Å²) in [5, 5.41) is 3.00. The zero-order valence-electron chi connectivity index (χ0n) is 23.5. The van der Waals surface area contributed by atoms with Gasteiger partial charge in [0.05, 0.1) is 30.6 Å². The smallest absolute Gasteiger partial charge is 0.259 e. The van der Waals surface area contributed by atoms with Crippen LogP contribution < -0.4 is 24.5 Å². The van der Waals surface area contributed by atoms with Crippen molar-refractivity contribution in [2.45, 2.75) is 39.4 Å². The normalized spacial score (nSPS) is 13.1. The quantitative estimate of drug-likeness (QED) is 0.244. The molecule has 0 unspecified atom stereocenters. The Morgan fingerprint density at radius 2 is 1.57 bits per heavy atom. The number of ether oxygens (including phenoxy) is 4. The summed E-state index contributed by atoms with van der Waals surface area (Å²) in [6.45, 7) is 8.70. The molecule has 5 aromatic rings. The molecule has 3 aromatic carbocycles. The number of methoxy groups -OCH3 is 2. The maximum Gasteiger partial charge on any atom is 0.259 e. The van der Waals surface area contributed by atoms with Gasteiger partial charge in [-0.05, 0) is 44.5 Å². The van der Waals surface area contributed by atoms with Crippen molar-refractivity contribution < 1.29 is 18.9 Å². The first-order valence-corrected chi connectivity index (χ1v) is 13.4. The maximum atomic E-state index is 14.3. The van der Waals surface area contributed by atoms with E-state index < -0.39 is 0 Å². The van der Waals surface area contributed by atoms with Gasteiger partial charge in [-0.3, -0.25) is 14.7 Å². The number of benzene rings is 3. The molecule has 0 bridgehead atoms. The lowest BCUT2D eigenvalue weighted by atomic mass is 10.0. The molecule has 0 saturated heterocycles. The highest BCUT2D eigenvalue weighted by molar-refractivity contribution is 6.15. The minimum atomic E-state index is -0.113. The fraction of sp³-hybridized carbons (Fsp3) is 0.312. The second-order valence-electron chi connectivity index (χ2n) is 11.0. The third kappa shape index (κ3) is 4.48. The average Bonchev–Trinajstić information content (AvgIpc) is 3.41. The summed E-state index contributed by atoms with van der Waals surface area (Å²) in [5.41, 5.74) is 2.57. The van der Waals surface area contributed by atoms with E-state index in [-0.39, 0.29) is 17.9 Å². The third-order valence-electron chi connectivity index (χ3n) is 7.65. The second kappa shape index (κ2) is 10.0. The molecule has 0 fully saturated rings. The van der Waals surface area contributed by atoms with Gasteiger partial charge in [0.25, 0.3) is 5.56 Å². The predicted molar refractivity (Wildman–Crippen MR) is 157 cm³/mol. The molecule has 0 saturated carbocycles.